The normalized spacial score (nSPS) is 11.2. The standard InChI is InChI=1S/C17H15N5OS2/c1-11(12-6-3-2-4-7-12)19-21-16(24)18-14-9-5-8-13(10-14)15-20-22-17(25)23-15/h2-10H,1H3,(H,22,25)(H2,18,21,24)/b19-11+. The minimum absolute atomic E-state index is 0.233. The summed E-state index contributed by atoms with van der Waals surface area (Å²) in [6.45, 7) is 1.91. The largest absolute Gasteiger partial charge is 0.409 e. The Labute approximate surface area is 155 Å². The van der Waals surface area contributed by atoms with Gasteiger partial charge >= 0.3 is 0 Å². The van der Waals surface area contributed by atoms with Crippen molar-refractivity contribution >= 4 is 40.9 Å². The van der Waals surface area contributed by atoms with E-state index in [1.54, 1.807) is 0 Å². The summed E-state index contributed by atoms with van der Waals surface area (Å²) in [6.07, 6.45) is 0. The summed E-state index contributed by atoms with van der Waals surface area (Å²) >= 11 is 10.2. The summed E-state index contributed by atoms with van der Waals surface area (Å²) in [4.78, 5) is 0.233. The first-order valence-corrected chi connectivity index (χ1v) is 8.26. The maximum atomic E-state index is 5.31. The predicted molar refractivity (Wildman–Crippen MR) is 105 cm³/mol. The Hall–Kier alpha value is -2.84. The number of anilines is 1. The molecular weight excluding hydrogens is 354 g/mol. The van der Waals surface area contributed by atoms with Crippen LogP contribution in [0.1, 0.15) is 12.5 Å². The van der Waals surface area contributed by atoms with Crippen LogP contribution in [0.3, 0.4) is 0 Å². The number of nitrogens with zero attached hydrogens (tertiary/aromatic N) is 2. The number of hydrogen-bond donors (Lipinski definition) is 3. The van der Waals surface area contributed by atoms with E-state index in [4.69, 9.17) is 28.9 Å². The summed E-state index contributed by atoms with van der Waals surface area (Å²) in [5.74, 6) is 0.422. The number of aromatic amines is 1. The van der Waals surface area contributed by atoms with Crippen LogP contribution in [0.5, 0.6) is 0 Å². The molecule has 3 aromatic rings. The van der Waals surface area contributed by atoms with Gasteiger partial charge in [0.05, 0.1) is 5.71 Å². The molecule has 0 saturated heterocycles. The topological polar surface area (TPSA) is 78.2 Å². The molecule has 3 rings (SSSR count). The Morgan fingerprint density at radius 1 is 1.16 bits per heavy atom. The van der Waals surface area contributed by atoms with Gasteiger partial charge in [-0.2, -0.15) is 5.10 Å². The maximum Gasteiger partial charge on any atom is 0.284 e. The quantitative estimate of drug-likeness (QED) is 0.365. The first-order valence-electron chi connectivity index (χ1n) is 7.44. The molecule has 0 radical (unpaired) electrons. The fourth-order valence-electron chi connectivity index (χ4n) is 2.12. The van der Waals surface area contributed by atoms with E-state index in [0.717, 1.165) is 22.5 Å². The van der Waals surface area contributed by atoms with Crippen molar-refractivity contribution in [2.45, 2.75) is 6.92 Å². The SMILES string of the molecule is C/C(=N\NC(=S)Nc1cccc(-c2n[nH]c(=S)o2)c1)c1ccccc1. The van der Waals surface area contributed by atoms with E-state index in [1.165, 1.54) is 0 Å². The van der Waals surface area contributed by atoms with Crippen LogP contribution >= 0.6 is 24.4 Å². The number of benzene rings is 2. The van der Waals surface area contributed by atoms with Crippen molar-refractivity contribution in [2.24, 2.45) is 5.10 Å². The van der Waals surface area contributed by atoms with E-state index in [2.05, 4.69) is 26.0 Å². The Kier molecular flexibility index (Phi) is 5.32. The van der Waals surface area contributed by atoms with Crippen LogP contribution in [0.15, 0.2) is 64.1 Å². The first-order chi connectivity index (χ1) is 12.1. The summed E-state index contributed by atoms with van der Waals surface area (Å²) in [7, 11) is 0. The Bertz CT molecular complexity index is 962. The lowest BCUT2D eigenvalue weighted by Gasteiger charge is -2.09. The van der Waals surface area contributed by atoms with Crippen LogP contribution in [0, 0.1) is 4.84 Å². The van der Waals surface area contributed by atoms with Crippen molar-refractivity contribution in [1.29, 1.82) is 0 Å². The van der Waals surface area contributed by atoms with Crippen LogP contribution in [-0.4, -0.2) is 21.0 Å². The molecule has 0 amide bonds. The molecule has 126 valence electrons. The predicted octanol–water partition coefficient (Wildman–Crippen LogP) is 4.11. The van der Waals surface area contributed by atoms with Gasteiger partial charge in [0.25, 0.3) is 4.84 Å². The fraction of sp³-hybridized carbons (Fsp3) is 0.0588. The van der Waals surface area contributed by atoms with Gasteiger partial charge in [0, 0.05) is 11.3 Å². The molecule has 3 N–H and O–H groups in total. The maximum absolute atomic E-state index is 5.31. The molecule has 0 unspecified atom stereocenters. The highest BCUT2D eigenvalue weighted by atomic mass is 32.1. The second-order valence-corrected chi connectivity index (χ2v) is 5.91. The molecule has 6 nitrogen and oxygen atoms in total. The van der Waals surface area contributed by atoms with E-state index in [9.17, 15) is 0 Å². The Morgan fingerprint density at radius 3 is 2.68 bits per heavy atom. The number of nitrogens with one attached hydrogen (secondary N) is 3. The van der Waals surface area contributed by atoms with E-state index >= 15 is 0 Å². The lowest BCUT2D eigenvalue weighted by molar-refractivity contribution is 0.552. The van der Waals surface area contributed by atoms with Gasteiger partial charge in [0.2, 0.25) is 5.89 Å². The zero-order valence-electron chi connectivity index (χ0n) is 13.3. The second-order valence-electron chi connectivity index (χ2n) is 5.13. The van der Waals surface area contributed by atoms with E-state index < -0.39 is 0 Å². The zero-order valence-corrected chi connectivity index (χ0v) is 14.9. The molecular formula is C17H15N5OS2. The minimum atomic E-state index is 0.233. The molecule has 0 saturated carbocycles. The molecule has 0 bridgehead atoms. The third kappa shape index (κ3) is 4.59. The van der Waals surface area contributed by atoms with Crippen molar-refractivity contribution in [3.8, 4) is 11.5 Å². The van der Waals surface area contributed by atoms with Crippen molar-refractivity contribution in [1.82, 2.24) is 15.6 Å². The highest BCUT2D eigenvalue weighted by Gasteiger charge is 2.05. The molecule has 8 heteroatoms. The third-order valence-electron chi connectivity index (χ3n) is 3.32. The molecule has 0 atom stereocenters. The van der Waals surface area contributed by atoms with E-state index in [1.807, 2.05) is 61.5 Å². The van der Waals surface area contributed by atoms with Crippen LogP contribution in [-0.2, 0) is 0 Å². The number of thiocarbonyl (C=S) groups is 1. The number of H-pyrrole nitrogens is 1. The monoisotopic (exact) mass is 369 g/mol. The number of rotatable bonds is 4. The highest BCUT2D eigenvalue weighted by molar-refractivity contribution is 7.80. The molecule has 1 heterocycles. The Balaban J connectivity index is 1.66. The van der Waals surface area contributed by atoms with Crippen molar-refractivity contribution < 1.29 is 4.42 Å². The van der Waals surface area contributed by atoms with Crippen molar-refractivity contribution in [3.63, 3.8) is 0 Å². The van der Waals surface area contributed by atoms with Gasteiger partial charge in [-0.25, -0.2) is 5.10 Å². The molecule has 25 heavy (non-hydrogen) atoms. The average molecular weight is 369 g/mol. The van der Waals surface area contributed by atoms with Crippen molar-refractivity contribution in [3.05, 3.63) is 65.0 Å². The molecule has 0 fully saturated rings. The lowest BCUT2D eigenvalue weighted by atomic mass is 10.1. The first kappa shape index (κ1) is 17.0. The summed E-state index contributed by atoms with van der Waals surface area (Å²) < 4.78 is 5.31. The Morgan fingerprint density at radius 2 is 1.96 bits per heavy atom. The van der Waals surface area contributed by atoms with Crippen LogP contribution < -0.4 is 10.7 Å². The minimum Gasteiger partial charge on any atom is -0.409 e. The molecule has 0 aliphatic rings. The van der Waals surface area contributed by atoms with Gasteiger partial charge in [-0.15, -0.1) is 5.10 Å². The third-order valence-corrected chi connectivity index (χ3v) is 3.69. The fourth-order valence-corrected chi connectivity index (χ4v) is 2.41. The number of hydrogen-bond acceptors (Lipinski definition) is 5. The van der Waals surface area contributed by atoms with Gasteiger partial charge in [-0.05, 0) is 55.1 Å². The zero-order chi connectivity index (χ0) is 17.6. The lowest BCUT2D eigenvalue weighted by Crippen LogP contribution is -2.24. The average Bonchev–Trinajstić information content (AvgIpc) is 3.07. The number of hydrazone groups is 1. The molecule has 2 aromatic carbocycles. The van der Waals surface area contributed by atoms with Crippen LogP contribution in [0.4, 0.5) is 5.69 Å². The van der Waals surface area contributed by atoms with Gasteiger partial charge in [-0.1, -0.05) is 36.4 Å². The van der Waals surface area contributed by atoms with Gasteiger partial charge in [0.1, 0.15) is 0 Å². The van der Waals surface area contributed by atoms with E-state index in [-0.39, 0.29) is 4.84 Å². The molecule has 0 aliphatic carbocycles. The van der Waals surface area contributed by atoms with Crippen LogP contribution in [0.25, 0.3) is 11.5 Å². The molecule has 1 aromatic heterocycles. The summed E-state index contributed by atoms with van der Waals surface area (Å²) in [5, 5.41) is 14.3. The van der Waals surface area contributed by atoms with E-state index in [0.29, 0.717) is 11.0 Å². The van der Waals surface area contributed by atoms with Crippen LogP contribution in [0.2, 0.25) is 0 Å². The second kappa shape index (κ2) is 7.82. The van der Waals surface area contributed by atoms with Gasteiger partial charge < -0.3 is 9.73 Å². The smallest absolute Gasteiger partial charge is 0.284 e. The highest BCUT2D eigenvalue weighted by Crippen LogP contribution is 2.20. The summed E-state index contributed by atoms with van der Waals surface area (Å²) in [5.41, 5.74) is 6.27. The van der Waals surface area contributed by atoms with Gasteiger partial charge in [-0.3, -0.25) is 5.43 Å². The molecule has 0 aliphatic heterocycles. The van der Waals surface area contributed by atoms with Crippen molar-refractivity contribution in [2.75, 3.05) is 5.32 Å². The summed E-state index contributed by atoms with van der Waals surface area (Å²) in [6, 6.07) is 17.3. The number of aromatic nitrogens is 2. The van der Waals surface area contributed by atoms with Gasteiger partial charge in [0.15, 0.2) is 5.11 Å². The molecule has 0 spiro atoms.